The van der Waals surface area contributed by atoms with Crippen LogP contribution in [0.25, 0.3) is 10.9 Å². The van der Waals surface area contributed by atoms with Crippen molar-refractivity contribution in [2.45, 2.75) is 45.6 Å². The molecule has 2 N–H and O–H groups in total. The van der Waals surface area contributed by atoms with Gasteiger partial charge in [-0.15, -0.1) is 10.2 Å². The minimum atomic E-state index is -0.213. The molecule has 0 aliphatic heterocycles. The van der Waals surface area contributed by atoms with Crippen LogP contribution in [0.1, 0.15) is 40.5 Å². The van der Waals surface area contributed by atoms with Crippen molar-refractivity contribution in [1.82, 2.24) is 29.7 Å². The summed E-state index contributed by atoms with van der Waals surface area (Å²) in [6.07, 6.45) is 9.72. The molecule has 0 unspecified atom stereocenters. The number of halogens is 1. The first-order chi connectivity index (χ1) is 16.2. The molecule has 0 amide bonds. The molecule has 0 aliphatic carbocycles. The molecule has 0 spiro atoms. The van der Waals surface area contributed by atoms with Gasteiger partial charge in [0.25, 0.3) is 0 Å². The van der Waals surface area contributed by atoms with Crippen LogP contribution >= 0.6 is 0 Å². The van der Waals surface area contributed by atoms with Crippen molar-refractivity contribution in [3.8, 4) is 0 Å². The molecular formula is C26H27FN6. The molecule has 0 saturated carbocycles. The second-order valence-electron chi connectivity index (χ2n) is 8.54. The third kappa shape index (κ3) is 4.87. The van der Waals surface area contributed by atoms with E-state index < -0.39 is 0 Å². The van der Waals surface area contributed by atoms with E-state index in [4.69, 9.17) is 0 Å². The molecule has 5 rings (SSSR count). The Balaban J connectivity index is 1.37. The number of hydrogen-bond donors (Lipinski definition) is 2. The fourth-order valence-electron chi connectivity index (χ4n) is 4.48. The molecule has 0 atom stereocenters. The van der Waals surface area contributed by atoms with Gasteiger partial charge >= 0.3 is 0 Å². The first-order valence-corrected chi connectivity index (χ1v) is 11.3. The van der Waals surface area contributed by atoms with E-state index in [1.165, 1.54) is 10.9 Å². The summed E-state index contributed by atoms with van der Waals surface area (Å²) in [5.74, 6) is 1.63. The molecule has 7 heteroatoms. The molecule has 2 aromatic carbocycles. The highest BCUT2D eigenvalue weighted by Gasteiger charge is 2.14. The largest absolute Gasteiger partial charge is 0.361 e. The number of hydrogen-bond acceptors (Lipinski definition) is 3. The summed E-state index contributed by atoms with van der Waals surface area (Å²) < 4.78 is 16.2. The maximum absolute atomic E-state index is 13.9. The molecule has 3 heterocycles. The number of aromatic amines is 2. The predicted octanol–water partition coefficient (Wildman–Crippen LogP) is 4.94. The maximum Gasteiger partial charge on any atom is 0.137 e. The van der Waals surface area contributed by atoms with Gasteiger partial charge < -0.3 is 14.5 Å². The van der Waals surface area contributed by atoms with Gasteiger partial charge in [-0.2, -0.15) is 0 Å². The summed E-state index contributed by atoms with van der Waals surface area (Å²) in [7, 11) is 0. The van der Waals surface area contributed by atoms with Gasteiger partial charge in [0.1, 0.15) is 17.5 Å². The lowest BCUT2D eigenvalue weighted by molar-refractivity contribution is 0.584. The molecular weight excluding hydrogens is 415 g/mol. The number of benzene rings is 2. The summed E-state index contributed by atoms with van der Waals surface area (Å²) in [6.45, 7) is 2.72. The SMILES string of the molecule is Cc1cc(F)cc(Cc2nnc(CCc3c[nH]c4ccccc34)n2CCCc2cnc[nH]2)c1. The summed E-state index contributed by atoms with van der Waals surface area (Å²) in [4.78, 5) is 10.6. The van der Waals surface area contributed by atoms with Gasteiger partial charge in [0, 0.05) is 48.4 Å². The minimum absolute atomic E-state index is 0.213. The van der Waals surface area contributed by atoms with Crippen LogP contribution in [0.5, 0.6) is 0 Å². The van der Waals surface area contributed by atoms with E-state index in [0.717, 1.165) is 66.2 Å². The molecule has 0 aliphatic rings. The van der Waals surface area contributed by atoms with E-state index in [0.29, 0.717) is 6.42 Å². The van der Waals surface area contributed by atoms with Gasteiger partial charge in [-0.05, 0) is 61.1 Å². The number of rotatable bonds is 9. The minimum Gasteiger partial charge on any atom is -0.361 e. The lowest BCUT2D eigenvalue weighted by atomic mass is 10.1. The van der Waals surface area contributed by atoms with E-state index in [-0.39, 0.29) is 5.82 Å². The zero-order valence-corrected chi connectivity index (χ0v) is 18.7. The summed E-state index contributed by atoms with van der Waals surface area (Å²) in [5.41, 5.74) is 5.37. The van der Waals surface area contributed by atoms with E-state index >= 15 is 0 Å². The Bertz CT molecular complexity index is 1330. The molecule has 6 nitrogen and oxygen atoms in total. The van der Waals surface area contributed by atoms with E-state index in [1.807, 2.05) is 25.3 Å². The Kier molecular flexibility index (Phi) is 6.02. The number of H-pyrrole nitrogens is 2. The van der Waals surface area contributed by atoms with Crippen LogP contribution in [0.3, 0.4) is 0 Å². The monoisotopic (exact) mass is 442 g/mol. The Labute approximate surface area is 191 Å². The number of nitrogens with one attached hydrogen (secondary N) is 2. The number of imidazole rings is 1. The maximum atomic E-state index is 13.9. The topological polar surface area (TPSA) is 75.2 Å². The van der Waals surface area contributed by atoms with Gasteiger partial charge in [-0.25, -0.2) is 9.37 Å². The zero-order chi connectivity index (χ0) is 22.6. The van der Waals surface area contributed by atoms with Gasteiger partial charge in [0.15, 0.2) is 0 Å². The van der Waals surface area contributed by atoms with Crippen LogP contribution in [0.4, 0.5) is 4.39 Å². The van der Waals surface area contributed by atoms with Crippen LogP contribution in [0.2, 0.25) is 0 Å². The van der Waals surface area contributed by atoms with E-state index in [9.17, 15) is 4.39 Å². The van der Waals surface area contributed by atoms with Crippen LogP contribution in [-0.4, -0.2) is 29.7 Å². The molecule has 3 aromatic heterocycles. The highest BCUT2D eigenvalue weighted by molar-refractivity contribution is 5.83. The fraction of sp³-hybridized carbons (Fsp3) is 0.269. The lowest BCUT2D eigenvalue weighted by Crippen LogP contribution is -2.11. The van der Waals surface area contributed by atoms with Crippen molar-refractivity contribution in [2.75, 3.05) is 0 Å². The molecule has 0 radical (unpaired) electrons. The molecule has 0 bridgehead atoms. The van der Waals surface area contributed by atoms with Crippen molar-refractivity contribution in [3.05, 3.63) is 101 Å². The third-order valence-corrected chi connectivity index (χ3v) is 6.04. The van der Waals surface area contributed by atoms with Crippen molar-refractivity contribution in [2.24, 2.45) is 0 Å². The first-order valence-electron chi connectivity index (χ1n) is 11.3. The van der Waals surface area contributed by atoms with E-state index in [2.05, 4.69) is 54.1 Å². The first kappa shape index (κ1) is 21.1. The highest BCUT2D eigenvalue weighted by atomic mass is 19.1. The Hall–Kier alpha value is -3.74. The number of nitrogens with zero attached hydrogens (tertiary/aromatic N) is 4. The average Bonchev–Trinajstić information content (AvgIpc) is 3.53. The number of aromatic nitrogens is 6. The highest BCUT2D eigenvalue weighted by Crippen LogP contribution is 2.20. The standard InChI is InChI=1S/C26H27FN6/c1-18-11-19(13-21(27)12-18)14-26-32-31-25(33(26)10-4-5-22-16-28-17-30-22)9-8-20-15-29-24-7-3-2-6-23(20)24/h2-3,6-7,11-13,15-17,29H,4-5,8-10,14H2,1H3,(H,28,30). The molecule has 5 aromatic rings. The second-order valence-corrected chi connectivity index (χ2v) is 8.54. The van der Waals surface area contributed by atoms with Crippen LogP contribution < -0.4 is 0 Å². The van der Waals surface area contributed by atoms with Gasteiger partial charge in [0.05, 0.1) is 6.33 Å². The predicted molar refractivity (Wildman–Crippen MR) is 127 cm³/mol. The van der Waals surface area contributed by atoms with Gasteiger partial charge in [0.2, 0.25) is 0 Å². The summed E-state index contributed by atoms with van der Waals surface area (Å²) in [6, 6.07) is 13.5. The second kappa shape index (κ2) is 9.40. The zero-order valence-electron chi connectivity index (χ0n) is 18.7. The smallest absolute Gasteiger partial charge is 0.137 e. The number of fused-ring (bicyclic) bond motifs is 1. The molecule has 0 fully saturated rings. The van der Waals surface area contributed by atoms with Gasteiger partial charge in [-0.3, -0.25) is 0 Å². The Morgan fingerprint density at radius 2 is 1.85 bits per heavy atom. The average molecular weight is 443 g/mol. The van der Waals surface area contributed by atoms with Crippen molar-refractivity contribution in [3.63, 3.8) is 0 Å². The van der Waals surface area contributed by atoms with Crippen LogP contribution in [0, 0.1) is 12.7 Å². The quantitative estimate of drug-likeness (QED) is 0.340. The van der Waals surface area contributed by atoms with E-state index in [1.54, 1.807) is 18.5 Å². The van der Waals surface area contributed by atoms with Crippen molar-refractivity contribution in [1.29, 1.82) is 0 Å². The molecule has 33 heavy (non-hydrogen) atoms. The normalized spacial score (nSPS) is 11.5. The summed E-state index contributed by atoms with van der Waals surface area (Å²) >= 11 is 0. The number of para-hydroxylation sites is 1. The number of aryl methyl sites for hydroxylation is 4. The van der Waals surface area contributed by atoms with Gasteiger partial charge in [-0.1, -0.05) is 24.3 Å². The summed E-state index contributed by atoms with van der Waals surface area (Å²) in [5, 5.41) is 10.3. The van der Waals surface area contributed by atoms with Crippen LogP contribution in [-0.2, 0) is 32.2 Å². The van der Waals surface area contributed by atoms with Crippen molar-refractivity contribution >= 4 is 10.9 Å². The lowest BCUT2D eigenvalue weighted by Gasteiger charge is -2.11. The fourth-order valence-corrected chi connectivity index (χ4v) is 4.48. The Morgan fingerprint density at radius 1 is 0.970 bits per heavy atom. The van der Waals surface area contributed by atoms with Crippen LogP contribution in [0.15, 0.2) is 61.2 Å². The Morgan fingerprint density at radius 3 is 2.70 bits per heavy atom. The molecule has 0 saturated heterocycles. The van der Waals surface area contributed by atoms with Crippen molar-refractivity contribution < 1.29 is 4.39 Å². The third-order valence-electron chi connectivity index (χ3n) is 6.04. The molecule has 168 valence electrons.